The minimum absolute atomic E-state index is 0.659. The van der Waals surface area contributed by atoms with Crippen LogP contribution in [0.3, 0.4) is 0 Å². The van der Waals surface area contributed by atoms with Gasteiger partial charge in [-0.3, -0.25) is 0 Å². The molecule has 0 atom stereocenters. The van der Waals surface area contributed by atoms with E-state index < -0.39 is 0 Å². The van der Waals surface area contributed by atoms with E-state index in [4.69, 9.17) is 4.98 Å². The van der Waals surface area contributed by atoms with Crippen molar-refractivity contribution in [2.75, 3.05) is 13.1 Å². The van der Waals surface area contributed by atoms with Gasteiger partial charge in [0.2, 0.25) is 0 Å². The van der Waals surface area contributed by atoms with Crippen molar-refractivity contribution in [3.8, 4) is 11.3 Å². The van der Waals surface area contributed by atoms with Crippen LogP contribution in [0.5, 0.6) is 0 Å². The fraction of sp³-hybridized carbons (Fsp3) is 0.438. The van der Waals surface area contributed by atoms with Crippen LogP contribution in [-0.2, 0) is 0 Å². The number of hydrogen-bond donors (Lipinski definition) is 1. The van der Waals surface area contributed by atoms with Crippen LogP contribution in [-0.4, -0.2) is 18.1 Å². The Bertz CT molecular complexity index is 568. The summed E-state index contributed by atoms with van der Waals surface area (Å²) >= 11 is 1.82. The van der Waals surface area contributed by atoms with Crippen molar-refractivity contribution < 1.29 is 0 Å². The molecule has 3 heteroatoms. The number of piperidine rings is 1. The van der Waals surface area contributed by atoms with Gasteiger partial charge < -0.3 is 5.32 Å². The highest BCUT2D eigenvalue weighted by atomic mass is 32.1. The molecule has 0 unspecified atom stereocenters. The number of aromatic nitrogens is 1. The van der Waals surface area contributed by atoms with E-state index in [2.05, 4.69) is 42.7 Å². The molecule has 0 bridgehead atoms. The van der Waals surface area contributed by atoms with Gasteiger partial charge in [-0.05, 0) is 57.0 Å². The van der Waals surface area contributed by atoms with E-state index in [1.54, 1.807) is 0 Å². The summed E-state index contributed by atoms with van der Waals surface area (Å²) in [5, 5.41) is 6.94. The van der Waals surface area contributed by atoms with E-state index in [9.17, 15) is 0 Å². The number of benzene rings is 1. The zero-order valence-electron chi connectivity index (χ0n) is 11.6. The number of rotatable bonds is 2. The van der Waals surface area contributed by atoms with Gasteiger partial charge in [-0.1, -0.05) is 12.1 Å². The first-order chi connectivity index (χ1) is 9.24. The fourth-order valence-electron chi connectivity index (χ4n) is 2.58. The van der Waals surface area contributed by atoms with Crippen molar-refractivity contribution >= 4 is 11.3 Å². The predicted molar refractivity (Wildman–Crippen MR) is 81.9 cm³/mol. The van der Waals surface area contributed by atoms with Crippen LogP contribution >= 0.6 is 11.3 Å². The molecule has 3 rings (SSSR count). The van der Waals surface area contributed by atoms with Crippen molar-refractivity contribution in [3.05, 3.63) is 39.7 Å². The molecular weight excluding hydrogens is 252 g/mol. The Morgan fingerprint density at radius 1 is 1.16 bits per heavy atom. The summed E-state index contributed by atoms with van der Waals surface area (Å²) in [4.78, 5) is 4.87. The lowest BCUT2D eigenvalue weighted by molar-refractivity contribution is 0.459. The van der Waals surface area contributed by atoms with Gasteiger partial charge in [0, 0.05) is 16.9 Å². The number of aryl methyl sites for hydroxylation is 2. The molecule has 1 fully saturated rings. The maximum Gasteiger partial charge on any atom is 0.0964 e. The van der Waals surface area contributed by atoms with Crippen molar-refractivity contribution in [1.29, 1.82) is 0 Å². The Labute approximate surface area is 118 Å². The lowest BCUT2D eigenvalue weighted by atomic mass is 9.99. The quantitative estimate of drug-likeness (QED) is 0.897. The standard InChI is InChI=1S/C16H20N2S/c1-11-3-4-14(9-12(11)2)15-10-19-16(18-15)13-5-7-17-8-6-13/h3-4,9-10,13,17H,5-8H2,1-2H3. The summed E-state index contributed by atoms with van der Waals surface area (Å²) in [6.45, 7) is 6.58. The molecule has 0 spiro atoms. The van der Waals surface area contributed by atoms with E-state index in [0.29, 0.717) is 5.92 Å². The molecule has 1 saturated heterocycles. The highest BCUT2D eigenvalue weighted by Crippen LogP contribution is 2.31. The Hall–Kier alpha value is -1.19. The van der Waals surface area contributed by atoms with E-state index in [1.807, 2.05) is 11.3 Å². The zero-order valence-corrected chi connectivity index (χ0v) is 12.4. The van der Waals surface area contributed by atoms with Gasteiger partial charge in [-0.25, -0.2) is 4.98 Å². The molecule has 2 heterocycles. The van der Waals surface area contributed by atoms with E-state index in [1.165, 1.54) is 34.5 Å². The van der Waals surface area contributed by atoms with Crippen LogP contribution in [0.4, 0.5) is 0 Å². The second kappa shape index (κ2) is 5.43. The molecule has 1 aromatic heterocycles. The molecular formula is C16H20N2S. The van der Waals surface area contributed by atoms with E-state index in [0.717, 1.165) is 18.8 Å². The minimum atomic E-state index is 0.659. The minimum Gasteiger partial charge on any atom is -0.317 e. The third-order valence-electron chi connectivity index (χ3n) is 4.01. The van der Waals surface area contributed by atoms with Crippen LogP contribution in [0.1, 0.15) is 34.9 Å². The van der Waals surface area contributed by atoms with Crippen LogP contribution in [0.2, 0.25) is 0 Å². The van der Waals surface area contributed by atoms with Crippen molar-refractivity contribution in [2.45, 2.75) is 32.6 Å². The van der Waals surface area contributed by atoms with Gasteiger partial charge >= 0.3 is 0 Å². The first-order valence-corrected chi connectivity index (χ1v) is 7.86. The second-order valence-electron chi connectivity index (χ2n) is 5.39. The zero-order chi connectivity index (χ0) is 13.2. The van der Waals surface area contributed by atoms with E-state index >= 15 is 0 Å². The van der Waals surface area contributed by atoms with E-state index in [-0.39, 0.29) is 0 Å². The normalized spacial score (nSPS) is 16.7. The second-order valence-corrected chi connectivity index (χ2v) is 6.28. The van der Waals surface area contributed by atoms with Crippen LogP contribution < -0.4 is 5.32 Å². The third-order valence-corrected chi connectivity index (χ3v) is 5.02. The number of nitrogens with one attached hydrogen (secondary N) is 1. The van der Waals surface area contributed by atoms with Crippen molar-refractivity contribution in [2.24, 2.45) is 0 Å². The third kappa shape index (κ3) is 2.72. The SMILES string of the molecule is Cc1ccc(-c2csc(C3CCNCC3)n2)cc1C. The number of nitrogens with zero attached hydrogens (tertiary/aromatic N) is 1. The molecule has 0 radical (unpaired) electrons. The molecule has 1 aliphatic rings. The van der Waals surface area contributed by atoms with Gasteiger partial charge in [0.25, 0.3) is 0 Å². The predicted octanol–water partition coefficient (Wildman–Crippen LogP) is 3.89. The summed E-state index contributed by atoms with van der Waals surface area (Å²) in [6, 6.07) is 6.62. The fourth-order valence-corrected chi connectivity index (χ4v) is 3.58. The average molecular weight is 272 g/mol. The monoisotopic (exact) mass is 272 g/mol. The van der Waals surface area contributed by atoms with Gasteiger partial charge in [0.1, 0.15) is 0 Å². The topological polar surface area (TPSA) is 24.9 Å². The molecule has 1 N–H and O–H groups in total. The number of thiazole rings is 1. The van der Waals surface area contributed by atoms with Gasteiger partial charge in [-0.2, -0.15) is 0 Å². The maximum absolute atomic E-state index is 4.87. The highest BCUT2D eigenvalue weighted by molar-refractivity contribution is 7.10. The molecule has 19 heavy (non-hydrogen) atoms. The Kier molecular flexibility index (Phi) is 3.67. The largest absolute Gasteiger partial charge is 0.317 e. The smallest absolute Gasteiger partial charge is 0.0964 e. The summed E-state index contributed by atoms with van der Waals surface area (Å²) in [7, 11) is 0. The van der Waals surface area contributed by atoms with Gasteiger partial charge in [0.05, 0.1) is 10.7 Å². The average Bonchev–Trinajstić information content (AvgIpc) is 2.93. The van der Waals surface area contributed by atoms with Gasteiger partial charge in [0.15, 0.2) is 0 Å². The summed E-state index contributed by atoms with van der Waals surface area (Å²) in [5.41, 5.74) is 5.08. The van der Waals surface area contributed by atoms with Crippen molar-refractivity contribution in [1.82, 2.24) is 10.3 Å². The lowest BCUT2D eigenvalue weighted by Crippen LogP contribution is -2.26. The maximum atomic E-state index is 4.87. The molecule has 1 aliphatic heterocycles. The molecule has 100 valence electrons. The Balaban J connectivity index is 1.85. The van der Waals surface area contributed by atoms with Crippen molar-refractivity contribution in [3.63, 3.8) is 0 Å². The van der Waals surface area contributed by atoms with Crippen LogP contribution in [0, 0.1) is 13.8 Å². The molecule has 2 aromatic rings. The molecule has 0 aliphatic carbocycles. The molecule has 0 amide bonds. The molecule has 1 aromatic carbocycles. The highest BCUT2D eigenvalue weighted by Gasteiger charge is 2.18. The lowest BCUT2D eigenvalue weighted by Gasteiger charge is -2.20. The Morgan fingerprint density at radius 2 is 1.95 bits per heavy atom. The van der Waals surface area contributed by atoms with Gasteiger partial charge in [-0.15, -0.1) is 11.3 Å². The first kappa shape index (κ1) is 12.8. The Morgan fingerprint density at radius 3 is 2.68 bits per heavy atom. The summed E-state index contributed by atoms with van der Waals surface area (Å²) in [6.07, 6.45) is 2.44. The van der Waals surface area contributed by atoms with Crippen LogP contribution in [0.25, 0.3) is 11.3 Å². The summed E-state index contributed by atoms with van der Waals surface area (Å²) in [5.74, 6) is 0.659. The first-order valence-electron chi connectivity index (χ1n) is 6.98. The molecule has 2 nitrogen and oxygen atoms in total. The molecule has 0 saturated carbocycles. The summed E-state index contributed by atoms with van der Waals surface area (Å²) < 4.78 is 0. The van der Waals surface area contributed by atoms with Crippen LogP contribution in [0.15, 0.2) is 23.6 Å². The number of hydrogen-bond acceptors (Lipinski definition) is 3.